The summed E-state index contributed by atoms with van der Waals surface area (Å²) < 4.78 is 57.1. The highest BCUT2D eigenvalue weighted by Gasteiger charge is 2.21. The molecular weight excluding hydrogens is 366 g/mol. The molecule has 1 aromatic carbocycles. The number of aromatic nitrogens is 4. The van der Waals surface area contributed by atoms with E-state index in [1.165, 1.54) is 24.5 Å². The molecule has 0 spiro atoms. The molecule has 0 saturated heterocycles. The van der Waals surface area contributed by atoms with Crippen LogP contribution >= 0.6 is 0 Å². The molecule has 0 amide bonds. The normalized spacial score (nSPS) is 12.6. The molecule has 27 heavy (non-hydrogen) atoms. The maximum atomic E-state index is 14.1. The molecular formula is C17H15F4N5O. The summed E-state index contributed by atoms with van der Waals surface area (Å²) in [6.45, 7) is 3.72. The molecule has 1 atom stereocenters. The van der Waals surface area contributed by atoms with Gasteiger partial charge in [0.2, 0.25) is 5.95 Å². The molecule has 6 nitrogen and oxygen atoms in total. The van der Waals surface area contributed by atoms with Crippen LogP contribution in [0.4, 0.5) is 23.5 Å². The Morgan fingerprint density at radius 2 is 1.74 bits per heavy atom. The average molecular weight is 381 g/mol. The fraction of sp³-hybridized carbons (Fsp3) is 0.294. The first-order chi connectivity index (χ1) is 12.8. The van der Waals surface area contributed by atoms with Crippen molar-refractivity contribution in [1.82, 2.24) is 20.2 Å². The number of alkyl halides is 2. The van der Waals surface area contributed by atoms with Gasteiger partial charge in [0.25, 0.3) is 11.8 Å². The SMILES string of the molecule is CC(C)C(Nc1ncc(-c2nnc(C(F)F)o2)cn1)c1ccc(F)cc1F. The third-order valence-electron chi connectivity index (χ3n) is 3.77. The molecule has 3 aromatic rings. The Hall–Kier alpha value is -3.04. The average Bonchev–Trinajstić information content (AvgIpc) is 3.11. The Morgan fingerprint density at radius 3 is 2.30 bits per heavy atom. The van der Waals surface area contributed by atoms with Crippen LogP contribution in [-0.4, -0.2) is 20.2 Å². The van der Waals surface area contributed by atoms with Gasteiger partial charge >= 0.3 is 6.43 Å². The van der Waals surface area contributed by atoms with E-state index in [0.29, 0.717) is 0 Å². The van der Waals surface area contributed by atoms with Gasteiger partial charge in [-0.15, -0.1) is 10.2 Å². The highest BCUT2D eigenvalue weighted by atomic mass is 19.3. The smallest absolute Gasteiger partial charge is 0.314 e. The molecule has 0 fully saturated rings. The minimum Gasteiger partial charge on any atom is -0.415 e. The third-order valence-corrected chi connectivity index (χ3v) is 3.77. The fourth-order valence-electron chi connectivity index (χ4n) is 2.45. The minimum atomic E-state index is -2.87. The standard InChI is InChI=1S/C17H15F4N5O/c1-8(2)13(11-4-3-10(18)5-12(11)19)24-17-22-6-9(7-23-17)15-25-26-16(27-15)14(20)21/h3-8,13-14H,1-2H3,(H,22,23,24). The van der Waals surface area contributed by atoms with Crippen molar-refractivity contribution >= 4 is 5.95 Å². The molecule has 0 aliphatic carbocycles. The first-order valence-corrected chi connectivity index (χ1v) is 8.00. The van der Waals surface area contributed by atoms with Crippen molar-refractivity contribution in [2.24, 2.45) is 5.92 Å². The van der Waals surface area contributed by atoms with Crippen LogP contribution in [0.5, 0.6) is 0 Å². The lowest BCUT2D eigenvalue weighted by Crippen LogP contribution is -2.19. The van der Waals surface area contributed by atoms with Gasteiger partial charge in [0, 0.05) is 24.0 Å². The monoisotopic (exact) mass is 381 g/mol. The van der Waals surface area contributed by atoms with Crippen LogP contribution in [0.2, 0.25) is 0 Å². The zero-order chi connectivity index (χ0) is 19.6. The van der Waals surface area contributed by atoms with Crippen molar-refractivity contribution in [3.63, 3.8) is 0 Å². The van der Waals surface area contributed by atoms with Crippen molar-refractivity contribution in [1.29, 1.82) is 0 Å². The van der Waals surface area contributed by atoms with Crippen LogP contribution < -0.4 is 5.32 Å². The number of rotatable bonds is 6. The maximum absolute atomic E-state index is 14.1. The Balaban J connectivity index is 1.81. The Kier molecular flexibility index (Phi) is 5.33. The molecule has 2 heterocycles. The Labute approximate surface area is 151 Å². The van der Waals surface area contributed by atoms with Gasteiger partial charge in [0.1, 0.15) is 11.6 Å². The van der Waals surface area contributed by atoms with Gasteiger partial charge in [-0.05, 0) is 12.0 Å². The number of halogens is 4. The molecule has 1 unspecified atom stereocenters. The second-order valence-electron chi connectivity index (χ2n) is 6.07. The summed E-state index contributed by atoms with van der Waals surface area (Å²) in [5.41, 5.74) is 0.534. The van der Waals surface area contributed by atoms with E-state index in [2.05, 4.69) is 25.5 Å². The van der Waals surface area contributed by atoms with E-state index in [-0.39, 0.29) is 28.9 Å². The molecule has 0 bridgehead atoms. The predicted molar refractivity (Wildman–Crippen MR) is 87.8 cm³/mol. The largest absolute Gasteiger partial charge is 0.415 e. The van der Waals surface area contributed by atoms with Gasteiger partial charge in [0.15, 0.2) is 0 Å². The number of nitrogens with one attached hydrogen (secondary N) is 1. The maximum Gasteiger partial charge on any atom is 0.314 e. The van der Waals surface area contributed by atoms with Crippen molar-refractivity contribution in [3.05, 3.63) is 53.7 Å². The first-order valence-electron chi connectivity index (χ1n) is 8.00. The topological polar surface area (TPSA) is 76.7 Å². The summed E-state index contributed by atoms with van der Waals surface area (Å²) in [6.07, 6.45) is -0.238. The van der Waals surface area contributed by atoms with Gasteiger partial charge in [-0.2, -0.15) is 8.78 Å². The van der Waals surface area contributed by atoms with Crippen LogP contribution in [0, 0.1) is 17.6 Å². The predicted octanol–water partition coefficient (Wildman–Crippen LogP) is 4.55. The van der Waals surface area contributed by atoms with Crippen LogP contribution in [-0.2, 0) is 0 Å². The molecule has 10 heteroatoms. The molecule has 142 valence electrons. The molecule has 0 aliphatic heterocycles. The van der Waals surface area contributed by atoms with E-state index in [9.17, 15) is 17.6 Å². The van der Waals surface area contributed by atoms with E-state index < -0.39 is 30.0 Å². The quantitative estimate of drug-likeness (QED) is 0.631. The zero-order valence-corrected chi connectivity index (χ0v) is 14.3. The van der Waals surface area contributed by atoms with Gasteiger partial charge < -0.3 is 9.73 Å². The van der Waals surface area contributed by atoms with E-state index in [1.54, 1.807) is 0 Å². The Morgan fingerprint density at radius 1 is 1.04 bits per heavy atom. The minimum absolute atomic E-state index is 0.0576. The first kappa shape index (κ1) is 18.7. The lowest BCUT2D eigenvalue weighted by molar-refractivity contribution is 0.116. The Bertz CT molecular complexity index is 914. The fourth-order valence-corrected chi connectivity index (χ4v) is 2.45. The summed E-state index contributed by atoms with van der Waals surface area (Å²) in [5.74, 6) is -2.15. The molecule has 0 radical (unpaired) electrons. The van der Waals surface area contributed by atoms with E-state index >= 15 is 0 Å². The second kappa shape index (κ2) is 7.68. The summed E-state index contributed by atoms with van der Waals surface area (Å²) >= 11 is 0. The second-order valence-corrected chi connectivity index (χ2v) is 6.07. The number of nitrogens with zero attached hydrogens (tertiary/aromatic N) is 4. The lowest BCUT2D eigenvalue weighted by Gasteiger charge is -2.23. The number of anilines is 1. The summed E-state index contributed by atoms with van der Waals surface area (Å²) in [7, 11) is 0. The molecule has 1 N–H and O–H groups in total. The van der Waals surface area contributed by atoms with Crippen molar-refractivity contribution in [2.75, 3.05) is 5.32 Å². The highest BCUT2D eigenvalue weighted by molar-refractivity contribution is 5.50. The van der Waals surface area contributed by atoms with E-state index in [1.807, 2.05) is 13.8 Å². The molecule has 0 saturated carbocycles. The summed E-state index contributed by atoms with van der Waals surface area (Å²) in [4.78, 5) is 8.14. The van der Waals surface area contributed by atoms with Crippen LogP contribution in [0.15, 0.2) is 35.0 Å². The van der Waals surface area contributed by atoms with Crippen molar-refractivity contribution in [2.45, 2.75) is 26.3 Å². The lowest BCUT2D eigenvalue weighted by atomic mass is 9.95. The van der Waals surface area contributed by atoms with Crippen LogP contribution in [0.1, 0.15) is 37.8 Å². The number of benzene rings is 1. The van der Waals surface area contributed by atoms with Gasteiger partial charge in [-0.1, -0.05) is 19.9 Å². The molecule has 2 aromatic heterocycles. The summed E-state index contributed by atoms with van der Waals surface area (Å²) in [6, 6.07) is 2.84. The van der Waals surface area contributed by atoms with E-state index in [4.69, 9.17) is 4.42 Å². The molecule has 0 aliphatic rings. The molecule has 3 rings (SSSR count). The van der Waals surface area contributed by atoms with Gasteiger partial charge in [-0.25, -0.2) is 18.7 Å². The summed E-state index contributed by atoms with van der Waals surface area (Å²) in [5, 5.41) is 9.73. The highest BCUT2D eigenvalue weighted by Crippen LogP contribution is 2.28. The number of hydrogen-bond donors (Lipinski definition) is 1. The third kappa shape index (κ3) is 4.21. The van der Waals surface area contributed by atoms with Crippen molar-refractivity contribution in [3.8, 4) is 11.5 Å². The van der Waals surface area contributed by atoms with Gasteiger partial charge in [-0.3, -0.25) is 0 Å². The number of hydrogen-bond acceptors (Lipinski definition) is 6. The van der Waals surface area contributed by atoms with Crippen LogP contribution in [0.25, 0.3) is 11.5 Å². The van der Waals surface area contributed by atoms with E-state index in [0.717, 1.165) is 6.07 Å². The van der Waals surface area contributed by atoms with Crippen molar-refractivity contribution < 1.29 is 22.0 Å². The van der Waals surface area contributed by atoms with Crippen LogP contribution in [0.3, 0.4) is 0 Å². The zero-order valence-electron chi connectivity index (χ0n) is 14.3. The van der Waals surface area contributed by atoms with Gasteiger partial charge in [0.05, 0.1) is 11.6 Å².